The van der Waals surface area contributed by atoms with E-state index >= 15 is 0 Å². The number of hydrogen-bond donors (Lipinski definition) is 2. The van der Waals surface area contributed by atoms with Crippen LogP contribution in [0, 0.1) is 13.8 Å². The molecule has 2 nitrogen and oxygen atoms in total. The lowest BCUT2D eigenvalue weighted by Gasteiger charge is -2.33. The summed E-state index contributed by atoms with van der Waals surface area (Å²) >= 11 is 0. The van der Waals surface area contributed by atoms with Gasteiger partial charge in [-0.2, -0.15) is 0 Å². The summed E-state index contributed by atoms with van der Waals surface area (Å²) in [4.78, 5) is 0. The van der Waals surface area contributed by atoms with E-state index in [1.165, 1.54) is 16.7 Å². The largest absolute Gasteiger partial charge is 0.396 e. The van der Waals surface area contributed by atoms with E-state index in [0.717, 1.165) is 13.0 Å². The number of nitrogens with one attached hydrogen (secondary N) is 1. The minimum atomic E-state index is -0.0221. The molecule has 1 rings (SSSR count). The number of hydrogen-bond acceptors (Lipinski definition) is 2. The Morgan fingerprint density at radius 2 is 1.68 bits per heavy atom. The number of benzene rings is 1. The quantitative estimate of drug-likeness (QED) is 0.825. The lowest BCUT2D eigenvalue weighted by molar-refractivity contribution is 0.223. The third kappa shape index (κ3) is 4.63. The Morgan fingerprint density at radius 3 is 2.21 bits per heavy atom. The summed E-state index contributed by atoms with van der Waals surface area (Å²) in [6.45, 7) is 14.2. The SMILES string of the molecule is Cc1ccc(C(C)(C)CNC(C)(C)CCO)cc1C. The van der Waals surface area contributed by atoms with Gasteiger partial charge in [-0.1, -0.05) is 32.0 Å². The van der Waals surface area contributed by atoms with Gasteiger partial charge in [-0.05, 0) is 50.8 Å². The first-order valence-corrected chi connectivity index (χ1v) is 7.11. The van der Waals surface area contributed by atoms with Gasteiger partial charge >= 0.3 is 0 Å². The van der Waals surface area contributed by atoms with Crippen molar-refractivity contribution < 1.29 is 5.11 Å². The summed E-state index contributed by atoms with van der Waals surface area (Å²) in [5.41, 5.74) is 4.12. The molecule has 0 aliphatic heterocycles. The van der Waals surface area contributed by atoms with Gasteiger partial charge in [-0.3, -0.25) is 0 Å². The molecule has 2 heteroatoms. The van der Waals surface area contributed by atoms with E-state index < -0.39 is 0 Å². The first-order chi connectivity index (χ1) is 8.68. The third-order valence-corrected chi connectivity index (χ3v) is 4.03. The molecule has 0 aromatic heterocycles. The molecule has 0 atom stereocenters. The number of rotatable bonds is 6. The first-order valence-electron chi connectivity index (χ1n) is 7.11. The average molecular weight is 263 g/mol. The van der Waals surface area contributed by atoms with Gasteiger partial charge in [-0.25, -0.2) is 0 Å². The van der Waals surface area contributed by atoms with Crippen molar-refractivity contribution in [3.63, 3.8) is 0 Å². The summed E-state index contributed by atoms with van der Waals surface area (Å²) in [6.07, 6.45) is 0.774. The second-order valence-corrected chi connectivity index (χ2v) is 6.89. The minimum absolute atomic E-state index is 0.0221. The fourth-order valence-corrected chi connectivity index (χ4v) is 2.09. The fourth-order valence-electron chi connectivity index (χ4n) is 2.09. The minimum Gasteiger partial charge on any atom is -0.396 e. The molecule has 0 bridgehead atoms. The maximum absolute atomic E-state index is 9.08. The highest BCUT2D eigenvalue weighted by Gasteiger charge is 2.25. The van der Waals surface area contributed by atoms with Crippen LogP contribution in [0.5, 0.6) is 0 Å². The molecule has 1 aromatic rings. The summed E-state index contributed by atoms with van der Waals surface area (Å²) in [6, 6.07) is 6.71. The van der Waals surface area contributed by atoms with Crippen molar-refractivity contribution in [1.82, 2.24) is 5.32 Å². The van der Waals surface area contributed by atoms with Gasteiger partial charge in [0.1, 0.15) is 0 Å². The van der Waals surface area contributed by atoms with Crippen molar-refractivity contribution in [3.05, 3.63) is 34.9 Å². The van der Waals surface area contributed by atoms with Gasteiger partial charge in [0.05, 0.1) is 0 Å². The zero-order valence-corrected chi connectivity index (χ0v) is 13.3. The molecule has 0 aliphatic carbocycles. The molecule has 1 aromatic carbocycles. The zero-order valence-electron chi connectivity index (χ0n) is 13.3. The third-order valence-electron chi connectivity index (χ3n) is 4.03. The second-order valence-electron chi connectivity index (χ2n) is 6.89. The molecule has 0 heterocycles. The molecule has 0 aliphatic rings. The van der Waals surface area contributed by atoms with E-state index in [2.05, 4.69) is 65.1 Å². The summed E-state index contributed by atoms with van der Waals surface area (Å²) in [7, 11) is 0. The molecule has 0 saturated carbocycles. The molecular weight excluding hydrogens is 234 g/mol. The predicted octanol–water partition coefficient (Wildman–Crippen LogP) is 3.33. The van der Waals surface area contributed by atoms with Crippen LogP contribution in [0.1, 0.15) is 50.8 Å². The molecule has 0 amide bonds. The lowest BCUT2D eigenvalue weighted by Crippen LogP contribution is -2.46. The Hall–Kier alpha value is -0.860. The Morgan fingerprint density at radius 1 is 1.05 bits per heavy atom. The Labute approximate surface area is 118 Å². The number of aliphatic hydroxyl groups is 1. The van der Waals surface area contributed by atoms with Crippen molar-refractivity contribution >= 4 is 0 Å². The van der Waals surface area contributed by atoms with Gasteiger partial charge in [0.25, 0.3) is 0 Å². The van der Waals surface area contributed by atoms with Crippen LogP contribution in [0.15, 0.2) is 18.2 Å². The van der Waals surface area contributed by atoms with Crippen LogP contribution in [-0.4, -0.2) is 23.8 Å². The van der Waals surface area contributed by atoms with Crippen molar-refractivity contribution in [2.24, 2.45) is 0 Å². The molecule has 2 N–H and O–H groups in total. The Kier molecular flexibility index (Phi) is 5.17. The lowest BCUT2D eigenvalue weighted by atomic mass is 9.82. The van der Waals surface area contributed by atoms with E-state index in [4.69, 9.17) is 5.11 Å². The number of aliphatic hydroxyl groups excluding tert-OH is 1. The highest BCUT2D eigenvalue weighted by molar-refractivity contribution is 5.34. The van der Waals surface area contributed by atoms with E-state index in [9.17, 15) is 0 Å². The predicted molar refractivity (Wildman–Crippen MR) is 82.7 cm³/mol. The first kappa shape index (κ1) is 16.2. The van der Waals surface area contributed by atoms with Crippen molar-refractivity contribution in [1.29, 1.82) is 0 Å². The van der Waals surface area contributed by atoms with Crippen molar-refractivity contribution in [2.75, 3.05) is 13.2 Å². The van der Waals surface area contributed by atoms with Crippen molar-refractivity contribution in [3.8, 4) is 0 Å². The molecule has 0 unspecified atom stereocenters. The topological polar surface area (TPSA) is 32.3 Å². The molecular formula is C17H29NO. The van der Waals surface area contributed by atoms with Crippen LogP contribution in [0.25, 0.3) is 0 Å². The number of aryl methyl sites for hydroxylation is 2. The van der Waals surface area contributed by atoms with Crippen LogP contribution < -0.4 is 5.32 Å². The molecule has 0 saturated heterocycles. The van der Waals surface area contributed by atoms with E-state index in [0.29, 0.717) is 0 Å². The van der Waals surface area contributed by atoms with Crippen LogP contribution in [0.4, 0.5) is 0 Å². The highest BCUT2D eigenvalue weighted by atomic mass is 16.3. The van der Waals surface area contributed by atoms with E-state index in [1.54, 1.807) is 0 Å². The fraction of sp³-hybridized carbons (Fsp3) is 0.647. The second kappa shape index (κ2) is 6.06. The van der Waals surface area contributed by atoms with Gasteiger partial charge in [0, 0.05) is 24.1 Å². The van der Waals surface area contributed by atoms with Crippen LogP contribution in [-0.2, 0) is 5.41 Å². The van der Waals surface area contributed by atoms with Crippen LogP contribution in [0.3, 0.4) is 0 Å². The molecule has 19 heavy (non-hydrogen) atoms. The summed E-state index contributed by atoms with van der Waals surface area (Å²) < 4.78 is 0. The molecule has 0 radical (unpaired) electrons. The molecule has 0 fully saturated rings. The maximum atomic E-state index is 9.08. The van der Waals surface area contributed by atoms with Gasteiger partial charge < -0.3 is 10.4 Å². The summed E-state index contributed by atoms with van der Waals surface area (Å²) in [5.74, 6) is 0. The van der Waals surface area contributed by atoms with Gasteiger partial charge in [0.2, 0.25) is 0 Å². The summed E-state index contributed by atoms with van der Waals surface area (Å²) in [5, 5.41) is 12.6. The van der Waals surface area contributed by atoms with Gasteiger partial charge in [0.15, 0.2) is 0 Å². The van der Waals surface area contributed by atoms with E-state index in [1.807, 2.05) is 0 Å². The normalized spacial score (nSPS) is 12.8. The maximum Gasteiger partial charge on any atom is 0.0448 e. The average Bonchev–Trinajstić information content (AvgIpc) is 2.30. The van der Waals surface area contributed by atoms with Crippen LogP contribution in [0.2, 0.25) is 0 Å². The highest BCUT2D eigenvalue weighted by Crippen LogP contribution is 2.25. The smallest absolute Gasteiger partial charge is 0.0448 e. The van der Waals surface area contributed by atoms with E-state index in [-0.39, 0.29) is 17.6 Å². The Balaban J connectivity index is 2.77. The molecule has 0 spiro atoms. The van der Waals surface area contributed by atoms with Gasteiger partial charge in [-0.15, -0.1) is 0 Å². The Bertz CT molecular complexity index is 421. The zero-order chi connectivity index (χ0) is 14.7. The molecule has 108 valence electrons. The standard InChI is InChI=1S/C17H29NO/c1-13-7-8-15(11-14(13)2)16(3,4)12-18-17(5,6)9-10-19/h7-8,11,18-19H,9-10,12H2,1-6H3. The monoisotopic (exact) mass is 263 g/mol. The van der Waals surface area contributed by atoms with Crippen LogP contribution >= 0.6 is 0 Å². The van der Waals surface area contributed by atoms with Crippen molar-refractivity contribution in [2.45, 2.75) is 58.9 Å².